The van der Waals surface area contributed by atoms with E-state index in [2.05, 4.69) is 5.32 Å². The maximum absolute atomic E-state index is 10.1. The number of nitrogens with one attached hydrogen (secondary N) is 1. The lowest BCUT2D eigenvalue weighted by Gasteiger charge is -2.15. The van der Waals surface area contributed by atoms with Gasteiger partial charge in [-0.3, -0.25) is 0 Å². The highest BCUT2D eigenvalue weighted by molar-refractivity contribution is 6.33. The van der Waals surface area contributed by atoms with Crippen LogP contribution in [-0.4, -0.2) is 11.7 Å². The molecule has 0 aliphatic heterocycles. The zero-order valence-corrected chi connectivity index (χ0v) is 11.0. The molecule has 0 saturated heterocycles. The zero-order valence-electron chi connectivity index (χ0n) is 10.2. The van der Waals surface area contributed by atoms with Gasteiger partial charge in [-0.2, -0.15) is 0 Å². The van der Waals surface area contributed by atoms with Crippen LogP contribution in [-0.2, 0) is 0 Å². The Balaban J connectivity index is 2.03. The van der Waals surface area contributed by atoms with Crippen LogP contribution in [0, 0.1) is 6.92 Å². The number of benzene rings is 2. The predicted octanol–water partition coefficient (Wildman–Crippen LogP) is 3.79. The number of aryl methyl sites for hydroxylation is 1. The molecule has 0 radical (unpaired) electrons. The number of hydrogen-bond donors (Lipinski definition) is 2. The lowest BCUT2D eigenvalue weighted by molar-refractivity contribution is 0.191. The van der Waals surface area contributed by atoms with Crippen molar-refractivity contribution in [2.24, 2.45) is 0 Å². The minimum absolute atomic E-state index is 0.439. The molecule has 2 aromatic carbocycles. The highest BCUT2D eigenvalue weighted by Gasteiger charge is 2.09. The quantitative estimate of drug-likeness (QED) is 0.878. The molecule has 2 aromatic rings. The van der Waals surface area contributed by atoms with E-state index < -0.39 is 6.10 Å². The first-order valence-electron chi connectivity index (χ1n) is 5.90. The van der Waals surface area contributed by atoms with Crippen molar-refractivity contribution < 1.29 is 5.11 Å². The van der Waals surface area contributed by atoms with Gasteiger partial charge in [0, 0.05) is 6.54 Å². The van der Waals surface area contributed by atoms with Gasteiger partial charge in [0.05, 0.1) is 16.8 Å². The van der Waals surface area contributed by atoms with Crippen molar-refractivity contribution in [1.29, 1.82) is 0 Å². The van der Waals surface area contributed by atoms with Crippen molar-refractivity contribution in [3.05, 3.63) is 64.7 Å². The highest BCUT2D eigenvalue weighted by Crippen LogP contribution is 2.22. The third-order valence-corrected chi connectivity index (χ3v) is 3.24. The first kappa shape index (κ1) is 12.9. The summed E-state index contributed by atoms with van der Waals surface area (Å²) in [5.74, 6) is 0. The summed E-state index contributed by atoms with van der Waals surface area (Å²) in [5, 5.41) is 14.0. The number of aliphatic hydroxyl groups excluding tert-OH is 1. The van der Waals surface area contributed by atoms with Crippen LogP contribution in [0.15, 0.2) is 48.5 Å². The largest absolute Gasteiger partial charge is 0.387 e. The number of para-hydroxylation sites is 1. The van der Waals surface area contributed by atoms with Crippen LogP contribution in [0.25, 0.3) is 0 Å². The monoisotopic (exact) mass is 261 g/mol. The molecule has 0 amide bonds. The minimum Gasteiger partial charge on any atom is -0.387 e. The van der Waals surface area contributed by atoms with Gasteiger partial charge in [0.2, 0.25) is 0 Å². The fourth-order valence-electron chi connectivity index (χ4n) is 1.88. The Labute approximate surface area is 112 Å². The van der Waals surface area contributed by atoms with Crippen molar-refractivity contribution in [1.82, 2.24) is 0 Å². The molecule has 3 heteroatoms. The van der Waals surface area contributed by atoms with Crippen molar-refractivity contribution in [2.75, 3.05) is 11.9 Å². The standard InChI is InChI=1S/C15H16ClNO/c1-11-6-2-3-7-12(11)15(18)10-17-14-9-5-4-8-13(14)16/h2-9,15,17-18H,10H2,1H3. The second-order valence-electron chi connectivity index (χ2n) is 4.23. The summed E-state index contributed by atoms with van der Waals surface area (Å²) < 4.78 is 0. The third kappa shape index (κ3) is 3.03. The Morgan fingerprint density at radius 3 is 2.50 bits per heavy atom. The van der Waals surface area contributed by atoms with Gasteiger partial charge in [0.25, 0.3) is 0 Å². The topological polar surface area (TPSA) is 32.3 Å². The molecule has 0 bridgehead atoms. The first-order chi connectivity index (χ1) is 8.68. The lowest BCUT2D eigenvalue weighted by Crippen LogP contribution is -2.13. The Bertz CT molecular complexity index is 527. The van der Waals surface area contributed by atoms with Gasteiger partial charge in [-0.15, -0.1) is 0 Å². The molecule has 94 valence electrons. The van der Waals surface area contributed by atoms with Crippen LogP contribution in [0.2, 0.25) is 5.02 Å². The number of anilines is 1. The average Bonchev–Trinajstić information content (AvgIpc) is 2.38. The van der Waals surface area contributed by atoms with Gasteiger partial charge in [-0.1, -0.05) is 48.0 Å². The van der Waals surface area contributed by atoms with Crippen molar-refractivity contribution in [2.45, 2.75) is 13.0 Å². The fourth-order valence-corrected chi connectivity index (χ4v) is 2.08. The maximum Gasteiger partial charge on any atom is 0.0964 e. The van der Waals surface area contributed by atoms with Gasteiger partial charge in [-0.05, 0) is 30.2 Å². The van der Waals surface area contributed by atoms with E-state index in [1.54, 1.807) is 0 Å². The summed E-state index contributed by atoms with van der Waals surface area (Å²) in [6, 6.07) is 15.3. The molecule has 18 heavy (non-hydrogen) atoms. The molecule has 1 unspecified atom stereocenters. The Morgan fingerprint density at radius 2 is 1.78 bits per heavy atom. The summed E-state index contributed by atoms with van der Waals surface area (Å²) >= 11 is 6.04. The molecule has 1 atom stereocenters. The SMILES string of the molecule is Cc1ccccc1C(O)CNc1ccccc1Cl. The average molecular weight is 262 g/mol. The molecule has 2 N–H and O–H groups in total. The van der Waals surface area contributed by atoms with E-state index in [-0.39, 0.29) is 0 Å². The van der Waals surface area contributed by atoms with E-state index in [0.717, 1.165) is 16.8 Å². The summed E-state index contributed by atoms with van der Waals surface area (Å²) in [7, 11) is 0. The molecular formula is C15H16ClNO. The van der Waals surface area contributed by atoms with Crippen molar-refractivity contribution in [3.8, 4) is 0 Å². The van der Waals surface area contributed by atoms with E-state index in [1.165, 1.54) is 0 Å². The maximum atomic E-state index is 10.1. The van der Waals surface area contributed by atoms with Crippen molar-refractivity contribution in [3.63, 3.8) is 0 Å². The fraction of sp³-hybridized carbons (Fsp3) is 0.200. The van der Waals surface area contributed by atoms with Crippen molar-refractivity contribution >= 4 is 17.3 Å². The molecule has 0 spiro atoms. The van der Waals surface area contributed by atoms with E-state index >= 15 is 0 Å². The molecular weight excluding hydrogens is 246 g/mol. The molecule has 0 aliphatic carbocycles. The van der Waals surface area contributed by atoms with Crippen LogP contribution < -0.4 is 5.32 Å². The number of rotatable bonds is 4. The summed E-state index contributed by atoms with van der Waals surface area (Å²) in [4.78, 5) is 0. The number of halogens is 1. The van der Waals surface area contributed by atoms with Gasteiger partial charge in [-0.25, -0.2) is 0 Å². The summed E-state index contributed by atoms with van der Waals surface area (Å²) in [6.45, 7) is 2.43. The van der Waals surface area contributed by atoms with Gasteiger partial charge < -0.3 is 10.4 Å². The van der Waals surface area contributed by atoms with Gasteiger partial charge in [0.15, 0.2) is 0 Å². The van der Waals surface area contributed by atoms with E-state index in [4.69, 9.17) is 11.6 Å². The van der Waals surface area contributed by atoms with E-state index in [1.807, 2.05) is 55.5 Å². The third-order valence-electron chi connectivity index (χ3n) is 2.91. The first-order valence-corrected chi connectivity index (χ1v) is 6.28. The Morgan fingerprint density at radius 1 is 1.11 bits per heavy atom. The Hall–Kier alpha value is -1.51. The molecule has 0 heterocycles. The van der Waals surface area contributed by atoms with Crippen LogP contribution in [0.5, 0.6) is 0 Å². The van der Waals surface area contributed by atoms with Crippen LogP contribution in [0.3, 0.4) is 0 Å². The van der Waals surface area contributed by atoms with E-state index in [9.17, 15) is 5.11 Å². The van der Waals surface area contributed by atoms with Crippen LogP contribution in [0.1, 0.15) is 17.2 Å². The van der Waals surface area contributed by atoms with E-state index in [0.29, 0.717) is 11.6 Å². The minimum atomic E-state index is -0.539. The molecule has 0 saturated carbocycles. The summed E-state index contributed by atoms with van der Waals surface area (Å²) in [5.41, 5.74) is 2.87. The summed E-state index contributed by atoms with van der Waals surface area (Å²) in [6.07, 6.45) is -0.539. The molecule has 2 nitrogen and oxygen atoms in total. The second-order valence-corrected chi connectivity index (χ2v) is 4.64. The smallest absolute Gasteiger partial charge is 0.0964 e. The lowest BCUT2D eigenvalue weighted by atomic mass is 10.0. The molecule has 0 aliphatic rings. The van der Waals surface area contributed by atoms with Gasteiger partial charge >= 0.3 is 0 Å². The van der Waals surface area contributed by atoms with Crippen LogP contribution in [0.4, 0.5) is 5.69 Å². The number of hydrogen-bond acceptors (Lipinski definition) is 2. The highest BCUT2D eigenvalue weighted by atomic mass is 35.5. The Kier molecular flexibility index (Phi) is 4.24. The molecule has 2 rings (SSSR count). The second kappa shape index (κ2) is 5.89. The normalized spacial score (nSPS) is 12.2. The van der Waals surface area contributed by atoms with Crippen LogP contribution >= 0.6 is 11.6 Å². The number of aliphatic hydroxyl groups is 1. The van der Waals surface area contributed by atoms with Gasteiger partial charge in [0.1, 0.15) is 0 Å². The molecule has 0 fully saturated rings. The molecule has 0 aromatic heterocycles. The zero-order chi connectivity index (χ0) is 13.0. The predicted molar refractivity (Wildman–Crippen MR) is 76.1 cm³/mol.